The molecule has 0 bridgehead atoms. The number of anilines is 1. The molecular formula is C23H23N5O2. The van der Waals surface area contributed by atoms with Gasteiger partial charge in [-0.15, -0.1) is 0 Å². The number of aryl methyl sites for hydroxylation is 5. The van der Waals surface area contributed by atoms with Gasteiger partial charge in [-0.05, 0) is 51.0 Å². The number of carbonyl (C=O) groups is 1. The summed E-state index contributed by atoms with van der Waals surface area (Å²) in [6, 6.07) is 11.8. The zero-order valence-corrected chi connectivity index (χ0v) is 17.6. The van der Waals surface area contributed by atoms with Gasteiger partial charge >= 0.3 is 0 Å². The smallest absolute Gasteiger partial charge is 0.259 e. The first-order chi connectivity index (χ1) is 14.3. The molecule has 7 heteroatoms. The zero-order valence-electron chi connectivity index (χ0n) is 17.6. The molecule has 0 saturated carbocycles. The van der Waals surface area contributed by atoms with Crippen LogP contribution in [0.25, 0.3) is 17.1 Å². The van der Waals surface area contributed by atoms with Crippen LogP contribution in [0.2, 0.25) is 0 Å². The van der Waals surface area contributed by atoms with Gasteiger partial charge in [0.15, 0.2) is 0 Å². The van der Waals surface area contributed by atoms with Crippen molar-refractivity contribution in [3.05, 3.63) is 76.4 Å². The van der Waals surface area contributed by atoms with Crippen LogP contribution in [0, 0.1) is 34.6 Å². The topological polar surface area (TPSA) is 85.8 Å². The van der Waals surface area contributed by atoms with Crippen molar-refractivity contribution >= 4 is 11.6 Å². The first-order valence-corrected chi connectivity index (χ1v) is 9.68. The van der Waals surface area contributed by atoms with Crippen molar-refractivity contribution in [3.8, 4) is 17.1 Å². The summed E-state index contributed by atoms with van der Waals surface area (Å²) in [6.07, 6.45) is 1.75. The van der Waals surface area contributed by atoms with Gasteiger partial charge in [0, 0.05) is 24.4 Å². The van der Waals surface area contributed by atoms with E-state index >= 15 is 0 Å². The fraction of sp³-hybridized carbons (Fsp3) is 0.217. The number of carbonyl (C=O) groups excluding carboxylic acids is 1. The molecule has 0 aliphatic rings. The molecule has 2 heterocycles. The van der Waals surface area contributed by atoms with Crippen molar-refractivity contribution in [2.24, 2.45) is 0 Å². The van der Waals surface area contributed by atoms with Gasteiger partial charge in [-0.3, -0.25) is 4.79 Å². The van der Waals surface area contributed by atoms with E-state index in [-0.39, 0.29) is 5.91 Å². The molecule has 1 amide bonds. The molecule has 1 N–H and O–H groups in total. The minimum Gasteiger partial charge on any atom is -0.339 e. The molecule has 152 valence electrons. The highest BCUT2D eigenvalue weighted by molar-refractivity contribution is 6.05. The highest BCUT2D eigenvalue weighted by Gasteiger charge is 2.17. The molecule has 7 nitrogen and oxygen atoms in total. The number of benzene rings is 2. The van der Waals surface area contributed by atoms with Crippen LogP contribution in [0.1, 0.15) is 38.6 Å². The summed E-state index contributed by atoms with van der Waals surface area (Å²) in [7, 11) is 0. The summed E-state index contributed by atoms with van der Waals surface area (Å²) in [5.74, 6) is 0.839. The monoisotopic (exact) mass is 401 g/mol. The number of nitrogens with zero attached hydrogens (tertiary/aromatic N) is 4. The first kappa shape index (κ1) is 19.6. The summed E-state index contributed by atoms with van der Waals surface area (Å²) in [5, 5.41) is 11.5. The van der Waals surface area contributed by atoms with Gasteiger partial charge in [0.1, 0.15) is 0 Å². The van der Waals surface area contributed by atoms with Crippen LogP contribution in [0.3, 0.4) is 0 Å². The Hall–Kier alpha value is -3.74. The Morgan fingerprint density at radius 1 is 1.00 bits per heavy atom. The maximum Gasteiger partial charge on any atom is 0.259 e. The van der Waals surface area contributed by atoms with E-state index in [1.54, 1.807) is 17.8 Å². The second kappa shape index (κ2) is 7.59. The van der Waals surface area contributed by atoms with Crippen molar-refractivity contribution in [3.63, 3.8) is 0 Å². The zero-order chi connectivity index (χ0) is 21.4. The van der Waals surface area contributed by atoms with E-state index in [0.29, 0.717) is 23.0 Å². The van der Waals surface area contributed by atoms with E-state index in [0.717, 1.165) is 33.6 Å². The van der Waals surface area contributed by atoms with Gasteiger partial charge in [-0.25, -0.2) is 4.68 Å². The third-order valence-corrected chi connectivity index (χ3v) is 5.02. The number of hydrogen-bond acceptors (Lipinski definition) is 5. The standard InChI is InChI=1S/C23H23N5O2/c1-13-6-9-20(15(3)10-13)25-23(29)19-12-28(26-16(19)4)21-11-18(8-7-14(21)2)22-24-17(5)30-27-22/h6-12H,1-5H3,(H,25,29). The van der Waals surface area contributed by atoms with E-state index in [2.05, 4.69) is 20.6 Å². The molecule has 30 heavy (non-hydrogen) atoms. The van der Waals surface area contributed by atoms with Crippen molar-refractivity contribution in [1.29, 1.82) is 0 Å². The van der Waals surface area contributed by atoms with E-state index in [9.17, 15) is 4.79 Å². The van der Waals surface area contributed by atoms with E-state index in [4.69, 9.17) is 4.52 Å². The summed E-state index contributed by atoms with van der Waals surface area (Å²) in [5.41, 5.74) is 6.83. The van der Waals surface area contributed by atoms with Gasteiger partial charge < -0.3 is 9.84 Å². The minimum absolute atomic E-state index is 0.187. The number of aromatic nitrogens is 4. The molecule has 2 aromatic carbocycles. The molecule has 0 aliphatic carbocycles. The van der Waals surface area contributed by atoms with Gasteiger partial charge in [-0.1, -0.05) is 35.0 Å². The SMILES string of the molecule is Cc1ccc(NC(=O)c2cn(-c3cc(-c4noc(C)n4)ccc3C)nc2C)c(C)c1. The lowest BCUT2D eigenvalue weighted by Gasteiger charge is -2.09. The molecule has 0 saturated heterocycles. The minimum atomic E-state index is -0.187. The fourth-order valence-electron chi connectivity index (χ4n) is 3.36. The molecule has 0 atom stereocenters. The van der Waals surface area contributed by atoms with Crippen LogP contribution in [0.4, 0.5) is 5.69 Å². The Balaban J connectivity index is 1.66. The Bertz CT molecular complexity index is 1250. The van der Waals surface area contributed by atoms with Gasteiger partial charge in [0.05, 0.1) is 16.9 Å². The van der Waals surface area contributed by atoms with Gasteiger partial charge in [0.2, 0.25) is 11.7 Å². The second-order valence-corrected chi connectivity index (χ2v) is 7.48. The lowest BCUT2D eigenvalue weighted by molar-refractivity contribution is 0.102. The molecular weight excluding hydrogens is 378 g/mol. The predicted octanol–water partition coefficient (Wildman–Crippen LogP) is 4.72. The van der Waals surface area contributed by atoms with Crippen LogP contribution < -0.4 is 5.32 Å². The van der Waals surface area contributed by atoms with Crippen molar-refractivity contribution < 1.29 is 9.32 Å². The van der Waals surface area contributed by atoms with Crippen molar-refractivity contribution in [2.45, 2.75) is 34.6 Å². The number of nitrogens with one attached hydrogen (secondary N) is 1. The lowest BCUT2D eigenvalue weighted by Crippen LogP contribution is -2.13. The average molecular weight is 401 g/mol. The Morgan fingerprint density at radius 2 is 1.80 bits per heavy atom. The second-order valence-electron chi connectivity index (χ2n) is 7.48. The third-order valence-electron chi connectivity index (χ3n) is 5.02. The molecule has 2 aromatic heterocycles. The number of rotatable bonds is 4. The summed E-state index contributed by atoms with van der Waals surface area (Å²) >= 11 is 0. The third kappa shape index (κ3) is 3.74. The van der Waals surface area contributed by atoms with Crippen molar-refractivity contribution in [1.82, 2.24) is 19.9 Å². The Kier molecular flexibility index (Phi) is 4.95. The number of amides is 1. The summed E-state index contributed by atoms with van der Waals surface area (Å²) in [4.78, 5) is 17.2. The van der Waals surface area contributed by atoms with E-state index < -0.39 is 0 Å². The Morgan fingerprint density at radius 3 is 2.50 bits per heavy atom. The normalized spacial score (nSPS) is 11.0. The highest BCUT2D eigenvalue weighted by atomic mass is 16.5. The molecule has 0 radical (unpaired) electrons. The largest absolute Gasteiger partial charge is 0.339 e. The predicted molar refractivity (Wildman–Crippen MR) is 115 cm³/mol. The van der Waals surface area contributed by atoms with Crippen molar-refractivity contribution in [2.75, 3.05) is 5.32 Å². The molecule has 0 aliphatic heterocycles. The van der Waals surface area contributed by atoms with Crippen LogP contribution in [0.15, 0.2) is 47.1 Å². The molecule has 0 fully saturated rings. The number of hydrogen-bond donors (Lipinski definition) is 1. The van der Waals surface area contributed by atoms with E-state index in [1.807, 2.05) is 64.1 Å². The summed E-state index contributed by atoms with van der Waals surface area (Å²) in [6.45, 7) is 9.58. The van der Waals surface area contributed by atoms with Crippen LogP contribution in [0.5, 0.6) is 0 Å². The van der Waals surface area contributed by atoms with E-state index in [1.165, 1.54) is 0 Å². The van der Waals surface area contributed by atoms with Crippen LogP contribution in [-0.2, 0) is 0 Å². The van der Waals surface area contributed by atoms with Crippen LogP contribution >= 0.6 is 0 Å². The average Bonchev–Trinajstić information content (AvgIpc) is 3.30. The maximum absolute atomic E-state index is 12.9. The van der Waals surface area contributed by atoms with Gasteiger partial charge in [0.25, 0.3) is 5.91 Å². The lowest BCUT2D eigenvalue weighted by atomic mass is 10.1. The fourth-order valence-corrected chi connectivity index (χ4v) is 3.36. The molecule has 0 spiro atoms. The Labute approximate surface area is 174 Å². The molecule has 4 rings (SSSR count). The molecule has 0 unspecified atom stereocenters. The first-order valence-electron chi connectivity index (χ1n) is 9.68. The quantitative estimate of drug-likeness (QED) is 0.535. The molecule has 4 aromatic rings. The van der Waals surface area contributed by atoms with Crippen LogP contribution in [-0.4, -0.2) is 25.8 Å². The maximum atomic E-state index is 12.9. The summed E-state index contributed by atoms with van der Waals surface area (Å²) < 4.78 is 6.81. The van der Waals surface area contributed by atoms with Gasteiger partial charge in [-0.2, -0.15) is 10.1 Å². The highest BCUT2D eigenvalue weighted by Crippen LogP contribution is 2.24.